The Balaban J connectivity index is 2.02. The van der Waals surface area contributed by atoms with Gasteiger partial charge in [0.1, 0.15) is 22.8 Å². The number of fused-ring (bicyclic) bond motifs is 3. The number of nitrogens with two attached hydrogens (primary N) is 1. The fourth-order valence-corrected chi connectivity index (χ4v) is 5.29. The highest BCUT2D eigenvalue weighted by atomic mass is 16.3. The zero-order chi connectivity index (χ0) is 21.4. The van der Waals surface area contributed by atoms with Gasteiger partial charge < -0.3 is 26.2 Å². The minimum atomic E-state index is -1.26. The summed E-state index contributed by atoms with van der Waals surface area (Å²) in [6.45, 7) is 3.57. The first-order valence-electron chi connectivity index (χ1n) is 9.24. The van der Waals surface area contributed by atoms with Crippen LogP contribution in [0, 0.1) is 17.8 Å². The summed E-state index contributed by atoms with van der Waals surface area (Å²) in [5.74, 6) is -7.10. The smallest absolute Gasteiger partial charge is 0.256 e. The molecule has 0 fully saturated rings. The number of hydrogen-bond acceptors (Lipinski definition) is 7. The number of allylic oxidation sites excluding steroid dienone is 2. The number of primary amides is 1. The second-order valence-electron chi connectivity index (χ2n) is 8.40. The molecular formula is C21H21NO7. The number of phenolic OH excluding ortho intramolecular Hbond substituents is 1. The van der Waals surface area contributed by atoms with Crippen molar-refractivity contribution in [2.24, 2.45) is 23.5 Å². The average Bonchev–Trinajstić information content (AvgIpc) is 2.61. The Morgan fingerprint density at radius 3 is 2.45 bits per heavy atom. The topological polar surface area (TPSA) is 158 Å². The lowest BCUT2D eigenvalue weighted by Gasteiger charge is -2.51. The number of amides is 1. The Bertz CT molecular complexity index is 1050. The summed E-state index contributed by atoms with van der Waals surface area (Å²) in [6, 6.07) is 4.64. The largest absolute Gasteiger partial charge is 0.511 e. The molecule has 1 aromatic rings. The van der Waals surface area contributed by atoms with Crippen molar-refractivity contribution < 1.29 is 34.8 Å². The van der Waals surface area contributed by atoms with E-state index in [1.807, 2.05) is 0 Å². The van der Waals surface area contributed by atoms with Gasteiger partial charge in [-0.15, -0.1) is 0 Å². The summed E-state index contributed by atoms with van der Waals surface area (Å²) >= 11 is 0. The van der Waals surface area contributed by atoms with Crippen molar-refractivity contribution in [2.45, 2.75) is 31.8 Å². The highest BCUT2D eigenvalue weighted by molar-refractivity contribution is 6.20. The fraction of sp³-hybridized carbons (Fsp3) is 0.381. The van der Waals surface area contributed by atoms with Crippen molar-refractivity contribution in [3.8, 4) is 5.75 Å². The third-order valence-corrected chi connectivity index (χ3v) is 6.60. The standard InChI is InChI=1S/C21H21NO7/c1-21(2)8-4-3-5-9(23)12(8)19(28)14-15(21)16(25)7-6-10(24)13(20(22)29)17(26)11(7)18(14)27/h3-5,7,14-16,23,25-27H,6H2,1-2H3,(H2,22,29)/t7-,14+,15-,16-/m1/s1. The average molecular weight is 399 g/mol. The maximum atomic E-state index is 13.3. The molecule has 0 heterocycles. The van der Waals surface area contributed by atoms with Crippen LogP contribution in [0.3, 0.4) is 0 Å². The first kappa shape index (κ1) is 19.2. The maximum absolute atomic E-state index is 13.3. The molecule has 4 rings (SSSR count). The van der Waals surface area contributed by atoms with E-state index in [4.69, 9.17) is 5.73 Å². The van der Waals surface area contributed by atoms with Crippen LogP contribution in [0.5, 0.6) is 5.75 Å². The Morgan fingerprint density at radius 2 is 1.83 bits per heavy atom. The van der Waals surface area contributed by atoms with Crippen LogP contribution in [0.2, 0.25) is 0 Å². The maximum Gasteiger partial charge on any atom is 0.256 e. The number of aromatic hydroxyl groups is 1. The van der Waals surface area contributed by atoms with Crippen LogP contribution in [0.1, 0.15) is 36.2 Å². The van der Waals surface area contributed by atoms with E-state index in [1.165, 1.54) is 6.07 Å². The minimum Gasteiger partial charge on any atom is -0.511 e. The van der Waals surface area contributed by atoms with Crippen molar-refractivity contribution in [1.82, 2.24) is 0 Å². The molecular weight excluding hydrogens is 378 g/mol. The third kappa shape index (κ3) is 2.32. The number of carbonyl (C=O) groups excluding carboxylic acids is 3. The first-order chi connectivity index (χ1) is 13.5. The Labute approximate surface area is 166 Å². The van der Waals surface area contributed by atoms with Crippen LogP contribution in [-0.4, -0.2) is 44.0 Å². The van der Waals surface area contributed by atoms with Crippen molar-refractivity contribution in [2.75, 3.05) is 0 Å². The van der Waals surface area contributed by atoms with Gasteiger partial charge in [-0.25, -0.2) is 0 Å². The molecule has 3 aliphatic carbocycles. The minimum absolute atomic E-state index is 0.0435. The highest BCUT2D eigenvalue weighted by Gasteiger charge is 2.59. The SMILES string of the molecule is CC1(C)c2cccc(O)c2C(=O)[C@@H]2C(O)=C3C(O)=C(C(N)=O)C(=O)C[C@H]3[C@@H](O)[C@@H]21. The molecule has 8 heteroatoms. The van der Waals surface area contributed by atoms with Gasteiger partial charge in [-0.2, -0.15) is 0 Å². The number of rotatable bonds is 1. The molecule has 0 saturated heterocycles. The molecule has 1 aromatic carbocycles. The van der Waals surface area contributed by atoms with Gasteiger partial charge in [-0.05, 0) is 17.0 Å². The fourth-order valence-electron chi connectivity index (χ4n) is 5.29. The van der Waals surface area contributed by atoms with Gasteiger partial charge in [0.25, 0.3) is 5.91 Å². The highest BCUT2D eigenvalue weighted by Crippen LogP contribution is 2.56. The second-order valence-corrected chi connectivity index (χ2v) is 8.40. The Hall–Kier alpha value is -3.13. The van der Waals surface area contributed by atoms with Gasteiger partial charge in [0.05, 0.1) is 17.6 Å². The van der Waals surface area contributed by atoms with Crippen molar-refractivity contribution in [3.05, 3.63) is 52.0 Å². The normalized spacial score (nSPS) is 30.6. The molecule has 8 nitrogen and oxygen atoms in total. The number of carbonyl (C=O) groups is 3. The molecule has 0 bridgehead atoms. The molecule has 0 radical (unpaired) electrons. The Kier molecular flexibility index (Phi) is 3.93. The summed E-state index contributed by atoms with van der Waals surface area (Å²) in [4.78, 5) is 37.2. The first-order valence-corrected chi connectivity index (χ1v) is 9.24. The van der Waals surface area contributed by atoms with E-state index in [9.17, 15) is 34.8 Å². The number of aliphatic hydroxyl groups is 3. The van der Waals surface area contributed by atoms with E-state index in [1.54, 1.807) is 26.0 Å². The van der Waals surface area contributed by atoms with Gasteiger partial charge in [0, 0.05) is 23.8 Å². The van der Waals surface area contributed by atoms with E-state index >= 15 is 0 Å². The van der Waals surface area contributed by atoms with Crippen LogP contribution in [0.4, 0.5) is 0 Å². The van der Waals surface area contributed by atoms with E-state index in [0.29, 0.717) is 5.56 Å². The quantitative estimate of drug-likeness (QED) is 0.443. The van der Waals surface area contributed by atoms with Crippen molar-refractivity contribution in [1.29, 1.82) is 0 Å². The third-order valence-electron chi connectivity index (χ3n) is 6.60. The van der Waals surface area contributed by atoms with Gasteiger partial charge in [-0.1, -0.05) is 26.0 Å². The molecule has 4 atom stereocenters. The lowest BCUT2D eigenvalue weighted by atomic mass is 9.52. The zero-order valence-corrected chi connectivity index (χ0v) is 15.8. The molecule has 1 amide bonds. The predicted octanol–water partition coefficient (Wildman–Crippen LogP) is 1.17. The molecule has 3 aliphatic rings. The lowest BCUT2D eigenvalue weighted by molar-refractivity contribution is -0.123. The summed E-state index contributed by atoms with van der Waals surface area (Å²) < 4.78 is 0. The molecule has 0 unspecified atom stereocenters. The number of ketones is 2. The summed E-state index contributed by atoms with van der Waals surface area (Å²) in [7, 11) is 0. The predicted molar refractivity (Wildman–Crippen MR) is 100 cm³/mol. The Morgan fingerprint density at radius 1 is 1.17 bits per heavy atom. The monoisotopic (exact) mass is 399 g/mol. The number of Topliss-reactive ketones (excluding diaryl/α,β-unsaturated/α-hetero) is 2. The van der Waals surface area contributed by atoms with E-state index in [-0.39, 0.29) is 23.3 Å². The zero-order valence-electron chi connectivity index (χ0n) is 15.8. The van der Waals surface area contributed by atoms with Crippen molar-refractivity contribution in [3.63, 3.8) is 0 Å². The summed E-state index contributed by atoms with van der Waals surface area (Å²) in [5.41, 5.74) is 4.05. The molecule has 29 heavy (non-hydrogen) atoms. The number of hydrogen-bond donors (Lipinski definition) is 5. The summed E-state index contributed by atoms with van der Waals surface area (Å²) in [6.07, 6.45) is -1.59. The molecule has 152 valence electrons. The van der Waals surface area contributed by atoms with Crippen LogP contribution < -0.4 is 5.73 Å². The summed E-state index contributed by atoms with van der Waals surface area (Å²) in [5, 5.41) is 43.0. The van der Waals surface area contributed by atoms with Gasteiger partial charge in [0.15, 0.2) is 11.6 Å². The second kappa shape index (κ2) is 5.93. The molecule has 6 N–H and O–H groups in total. The van der Waals surface area contributed by atoms with E-state index < -0.39 is 63.8 Å². The van der Waals surface area contributed by atoms with E-state index in [2.05, 4.69) is 0 Å². The number of benzene rings is 1. The van der Waals surface area contributed by atoms with Gasteiger partial charge in [0.2, 0.25) is 0 Å². The van der Waals surface area contributed by atoms with Gasteiger partial charge >= 0.3 is 0 Å². The van der Waals surface area contributed by atoms with E-state index in [0.717, 1.165) is 0 Å². The van der Waals surface area contributed by atoms with Crippen LogP contribution in [0.15, 0.2) is 40.9 Å². The molecule has 0 aliphatic heterocycles. The number of aliphatic hydroxyl groups excluding tert-OH is 3. The lowest BCUT2D eigenvalue weighted by Crippen LogP contribution is -2.56. The molecule has 0 saturated carbocycles. The van der Waals surface area contributed by atoms with Gasteiger partial charge in [-0.3, -0.25) is 14.4 Å². The van der Waals surface area contributed by atoms with Crippen LogP contribution >= 0.6 is 0 Å². The van der Waals surface area contributed by atoms with Crippen LogP contribution in [-0.2, 0) is 15.0 Å². The molecule has 0 spiro atoms. The number of phenols is 1. The van der Waals surface area contributed by atoms with Crippen LogP contribution in [0.25, 0.3) is 0 Å². The van der Waals surface area contributed by atoms with Crippen molar-refractivity contribution >= 4 is 17.5 Å². The molecule has 0 aromatic heterocycles.